The summed E-state index contributed by atoms with van der Waals surface area (Å²) in [5.41, 5.74) is 8.21. The molecule has 0 bridgehead atoms. The van der Waals surface area contributed by atoms with Crippen LogP contribution < -0.4 is 5.73 Å². The Kier molecular flexibility index (Phi) is 4.00. The van der Waals surface area contributed by atoms with Gasteiger partial charge in [0.2, 0.25) is 0 Å². The highest BCUT2D eigenvalue weighted by molar-refractivity contribution is 14.1. The molecule has 1 atom stereocenters. The van der Waals surface area contributed by atoms with Gasteiger partial charge in [0.15, 0.2) is 0 Å². The molecule has 0 spiro atoms. The summed E-state index contributed by atoms with van der Waals surface area (Å²) in [5.74, 6) is -0.231. The minimum absolute atomic E-state index is 0.164. The Hall–Kier alpha value is -1.05. The van der Waals surface area contributed by atoms with E-state index in [2.05, 4.69) is 33.6 Å². The molecule has 1 heterocycles. The largest absolute Gasteiger partial charge is 0.324 e. The molecule has 1 aromatic heterocycles. The maximum atomic E-state index is 13.1. The number of halogens is 2. The first-order valence-electron chi connectivity index (χ1n) is 6.18. The summed E-state index contributed by atoms with van der Waals surface area (Å²) in [5, 5.41) is 1.01. The van der Waals surface area contributed by atoms with E-state index in [4.69, 9.17) is 5.73 Å². The average Bonchev–Trinajstić information content (AvgIpc) is 2.80. The molecule has 2 nitrogen and oxygen atoms in total. The molecule has 0 saturated carbocycles. The number of hydrogen-bond donors (Lipinski definition) is 1. The normalized spacial score (nSPS) is 12.8. The number of hydrogen-bond acceptors (Lipinski definition) is 3. The number of aromatic nitrogens is 1. The van der Waals surface area contributed by atoms with Crippen LogP contribution in [0.2, 0.25) is 0 Å². The van der Waals surface area contributed by atoms with Crippen molar-refractivity contribution in [3.8, 4) is 0 Å². The van der Waals surface area contributed by atoms with Gasteiger partial charge in [-0.2, -0.15) is 0 Å². The van der Waals surface area contributed by atoms with Crippen molar-refractivity contribution in [2.24, 2.45) is 5.73 Å². The van der Waals surface area contributed by atoms with Gasteiger partial charge in [-0.05, 0) is 52.4 Å². The molecule has 0 fully saturated rings. The Morgan fingerprint density at radius 3 is 2.80 bits per heavy atom. The predicted molar refractivity (Wildman–Crippen MR) is 89.4 cm³/mol. The number of para-hydroxylation sites is 1. The highest BCUT2D eigenvalue weighted by Crippen LogP contribution is 2.27. The van der Waals surface area contributed by atoms with Crippen molar-refractivity contribution in [2.75, 3.05) is 0 Å². The molecule has 2 N–H and O–H groups in total. The van der Waals surface area contributed by atoms with Crippen molar-refractivity contribution < 1.29 is 4.39 Å². The fourth-order valence-corrected chi connectivity index (χ4v) is 4.01. The zero-order valence-electron chi connectivity index (χ0n) is 10.5. The molecule has 0 aliphatic heterocycles. The molecule has 0 aliphatic rings. The maximum absolute atomic E-state index is 13.1. The van der Waals surface area contributed by atoms with E-state index in [9.17, 15) is 4.39 Å². The zero-order chi connectivity index (χ0) is 14.1. The summed E-state index contributed by atoms with van der Waals surface area (Å²) in [4.78, 5) is 4.59. The van der Waals surface area contributed by atoms with Crippen molar-refractivity contribution in [1.29, 1.82) is 0 Å². The van der Waals surface area contributed by atoms with Crippen LogP contribution in [-0.4, -0.2) is 4.98 Å². The minimum Gasteiger partial charge on any atom is -0.324 e. The summed E-state index contributed by atoms with van der Waals surface area (Å²) in [6, 6.07) is 12.6. The Labute approximate surface area is 134 Å². The quantitative estimate of drug-likeness (QED) is 0.669. The molecule has 1 unspecified atom stereocenters. The minimum atomic E-state index is -0.231. The Bertz CT molecular complexity index is 723. The van der Waals surface area contributed by atoms with Gasteiger partial charge in [-0.25, -0.2) is 9.37 Å². The van der Waals surface area contributed by atoms with Crippen LogP contribution in [0.1, 0.15) is 16.6 Å². The molecule has 20 heavy (non-hydrogen) atoms. The lowest BCUT2D eigenvalue weighted by atomic mass is 10.1. The van der Waals surface area contributed by atoms with E-state index in [1.165, 1.54) is 16.8 Å². The van der Waals surface area contributed by atoms with Gasteiger partial charge >= 0.3 is 0 Å². The van der Waals surface area contributed by atoms with Crippen molar-refractivity contribution in [3.05, 3.63) is 62.4 Å². The predicted octanol–water partition coefficient (Wildman–Crippen LogP) is 4.28. The molecule has 3 rings (SSSR count). The molecular weight excluding hydrogens is 386 g/mol. The Morgan fingerprint density at radius 2 is 2.05 bits per heavy atom. The third kappa shape index (κ3) is 2.84. The number of nitrogens with two attached hydrogens (primary N) is 1. The van der Waals surface area contributed by atoms with E-state index >= 15 is 0 Å². The first kappa shape index (κ1) is 13.9. The summed E-state index contributed by atoms with van der Waals surface area (Å²) >= 11 is 3.78. The van der Waals surface area contributed by atoms with E-state index in [-0.39, 0.29) is 11.9 Å². The van der Waals surface area contributed by atoms with Crippen molar-refractivity contribution in [1.82, 2.24) is 4.98 Å². The summed E-state index contributed by atoms with van der Waals surface area (Å²) in [7, 11) is 0. The van der Waals surface area contributed by atoms with Gasteiger partial charge in [0.25, 0.3) is 0 Å². The van der Waals surface area contributed by atoms with Crippen molar-refractivity contribution in [2.45, 2.75) is 12.5 Å². The molecule has 102 valence electrons. The van der Waals surface area contributed by atoms with Gasteiger partial charge in [-0.3, -0.25) is 0 Å². The second-order valence-electron chi connectivity index (χ2n) is 4.55. The van der Waals surface area contributed by atoms with Crippen LogP contribution in [0.4, 0.5) is 4.39 Å². The Balaban J connectivity index is 1.86. The third-order valence-corrected chi connectivity index (χ3v) is 5.09. The van der Waals surface area contributed by atoms with Crippen LogP contribution in [0.3, 0.4) is 0 Å². The van der Waals surface area contributed by atoms with E-state index in [1.54, 1.807) is 17.4 Å². The van der Waals surface area contributed by atoms with Gasteiger partial charge in [0.1, 0.15) is 5.82 Å². The summed E-state index contributed by atoms with van der Waals surface area (Å²) in [6.07, 6.45) is 0.668. The molecule has 3 aromatic rings. The summed E-state index contributed by atoms with van der Waals surface area (Å²) < 4.78 is 15.1. The fraction of sp³-hybridized carbons (Fsp3) is 0.133. The molecule has 0 amide bonds. The number of rotatable bonds is 3. The van der Waals surface area contributed by atoms with Crippen LogP contribution in [0.5, 0.6) is 0 Å². The lowest BCUT2D eigenvalue weighted by molar-refractivity contribution is 0.622. The summed E-state index contributed by atoms with van der Waals surface area (Å²) in [6.45, 7) is 0. The van der Waals surface area contributed by atoms with Gasteiger partial charge < -0.3 is 5.73 Å². The number of thiazole rings is 1. The smallest absolute Gasteiger partial charge is 0.124 e. The Morgan fingerprint density at radius 1 is 1.25 bits per heavy atom. The van der Waals surface area contributed by atoms with Gasteiger partial charge in [0, 0.05) is 16.0 Å². The van der Waals surface area contributed by atoms with Crippen LogP contribution in [-0.2, 0) is 6.42 Å². The van der Waals surface area contributed by atoms with Crippen molar-refractivity contribution >= 4 is 44.1 Å². The van der Waals surface area contributed by atoms with Gasteiger partial charge in [-0.15, -0.1) is 11.3 Å². The van der Waals surface area contributed by atoms with Crippen LogP contribution in [0.25, 0.3) is 10.2 Å². The maximum Gasteiger partial charge on any atom is 0.124 e. The highest BCUT2D eigenvalue weighted by atomic mass is 127. The SMILES string of the molecule is NC(Cc1nc2ccccc2s1)c1ccc(F)cc1I. The molecule has 0 radical (unpaired) electrons. The van der Waals surface area contributed by atoms with E-state index in [0.717, 1.165) is 19.7 Å². The lowest BCUT2D eigenvalue weighted by Crippen LogP contribution is -2.14. The topological polar surface area (TPSA) is 38.9 Å². The highest BCUT2D eigenvalue weighted by Gasteiger charge is 2.14. The van der Waals surface area contributed by atoms with Crippen LogP contribution >= 0.6 is 33.9 Å². The number of nitrogens with zero attached hydrogens (tertiary/aromatic N) is 1. The van der Waals surface area contributed by atoms with Gasteiger partial charge in [-0.1, -0.05) is 18.2 Å². The van der Waals surface area contributed by atoms with E-state index in [0.29, 0.717) is 6.42 Å². The van der Waals surface area contributed by atoms with Crippen LogP contribution in [0.15, 0.2) is 42.5 Å². The molecular formula is C15H12FIN2S. The molecule has 0 aliphatic carbocycles. The third-order valence-electron chi connectivity index (χ3n) is 3.09. The monoisotopic (exact) mass is 398 g/mol. The lowest BCUT2D eigenvalue weighted by Gasteiger charge is -2.12. The average molecular weight is 398 g/mol. The van der Waals surface area contributed by atoms with E-state index < -0.39 is 0 Å². The molecule has 5 heteroatoms. The molecule has 0 saturated heterocycles. The zero-order valence-corrected chi connectivity index (χ0v) is 13.5. The van der Waals surface area contributed by atoms with Crippen molar-refractivity contribution in [3.63, 3.8) is 0 Å². The van der Waals surface area contributed by atoms with E-state index in [1.807, 2.05) is 18.2 Å². The first-order chi connectivity index (χ1) is 9.63. The number of benzene rings is 2. The standard InChI is InChI=1S/C15H12FIN2S/c16-9-5-6-10(11(17)7-9)12(18)8-15-19-13-3-1-2-4-14(13)20-15/h1-7,12H,8,18H2. The fourth-order valence-electron chi connectivity index (χ4n) is 2.11. The van der Waals surface area contributed by atoms with Gasteiger partial charge in [0.05, 0.1) is 15.2 Å². The first-order valence-corrected chi connectivity index (χ1v) is 8.08. The second kappa shape index (κ2) is 5.75. The van der Waals surface area contributed by atoms with Crippen LogP contribution in [0, 0.1) is 9.39 Å². The second-order valence-corrected chi connectivity index (χ2v) is 6.83. The molecule has 2 aromatic carbocycles. The number of fused-ring (bicyclic) bond motifs is 1.